The van der Waals surface area contributed by atoms with Gasteiger partial charge in [-0.25, -0.2) is 4.79 Å². The van der Waals surface area contributed by atoms with E-state index in [0.29, 0.717) is 32.0 Å². The van der Waals surface area contributed by atoms with E-state index in [9.17, 15) is 9.59 Å². The Morgan fingerprint density at radius 1 is 0.543 bits per heavy atom. The van der Waals surface area contributed by atoms with Crippen molar-refractivity contribution in [2.24, 2.45) is 11.8 Å². The monoisotopic (exact) mass is 1800 g/mol. The maximum Gasteiger partial charge on any atom is 0.338 e. The molecule has 0 aliphatic rings. The molecule has 38 heteroatoms. The summed E-state index contributed by atoms with van der Waals surface area (Å²) in [5.74, 6) is 0.720. The van der Waals surface area contributed by atoms with Gasteiger partial charge in [-0.1, -0.05) is 124 Å². The van der Waals surface area contributed by atoms with Gasteiger partial charge in [0.25, 0.3) is 0 Å². The Morgan fingerprint density at radius 2 is 0.891 bits per heavy atom. The van der Waals surface area contributed by atoms with Gasteiger partial charge in [-0.2, -0.15) is 0 Å². The molecule has 0 spiro atoms. The van der Waals surface area contributed by atoms with Crippen molar-refractivity contribution >= 4 is 247 Å². The van der Waals surface area contributed by atoms with Gasteiger partial charge >= 0.3 is 5.97 Å². The first-order chi connectivity index (χ1) is 42.5. The molecule has 0 bridgehead atoms. The normalized spacial score (nSPS) is 14.9. The number of Topliss-reactive ketones (excluding diaryl/α,β-unsaturated/α-hetero) is 1. The van der Waals surface area contributed by atoms with Crippen LogP contribution < -0.4 is 9.47 Å². The maximum absolute atomic E-state index is 13.4. The number of hydrogen-bond donors (Lipinski definition) is 0. The number of hydrogen-bond acceptors (Lipinski definition) is 9. The molecule has 0 aliphatic heterocycles. The van der Waals surface area contributed by atoms with E-state index in [1.54, 1.807) is 45.4 Å². The lowest BCUT2D eigenvalue weighted by atomic mass is 9.92. The van der Waals surface area contributed by atoms with Gasteiger partial charge in [-0.3, -0.25) is 4.79 Å². The lowest BCUT2D eigenvalue weighted by Crippen LogP contribution is -2.48. The zero-order valence-electron chi connectivity index (χ0n) is 56.9. The lowest BCUT2D eigenvalue weighted by Gasteiger charge is -2.41. The van der Waals surface area contributed by atoms with Crippen molar-refractivity contribution < 1.29 is 42.1 Å². The number of benzene rings is 3. The summed E-state index contributed by atoms with van der Waals surface area (Å²) < 4.78 is 41.1. The minimum atomic E-state index is -2.22. The van der Waals surface area contributed by atoms with E-state index in [0.717, 1.165) is 36.2 Å². The van der Waals surface area contributed by atoms with Crippen LogP contribution in [0.5, 0.6) is 11.5 Å². The van der Waals surface area contributed by atoms with Gasteiger partial charge in [-0.15, -0.1) is 141 Å². The first-order valence-corrected chi connectivity index (χ1v) is 82.0. The third-order valence-electron chi connectivity index (χ3n) is 14.6. The molecule has 0 saturated heterocycles. The second kappa shape index (κ2) is 51.8. The largest absolute Gasteiger partial charge is 0.497 e. The number of rotatable bonds is 33. The Bertz CT molecular complexity index is 2580. The quantitative estimate of drug-likeness (QED) is 0.0194. The maximum atomic E-state index is 13.4. The Kier molecular flexibility index (Phi) is 56.0. The average Bonchev–Trinajstić information content (AvgIpc) is 0.844. The predicted molar refractivity (Wildman–Crippen MR) is 502 cm³/mol. The van der Waals surface area contributed by atoms with Crippen LogP contribution in [0.1, 0.15) is 97.6 Å². The highest BCUT2D eigenvalue weighted by Crippen LogP contribution is 3.22. The standard InChI is InChI=1S/C31H44O6Si.C23H38O3Si.H16P14.H15P13/c1-22(19-20-35-21-25-15-17-27(34-7)18-16-25)29(37-38(8,9)31(4,5)6)23(2)28(32)24(3)36-30(33)26-13-11-10-12-14-26;1-10-18(2)22(26-27(8,9)23(4,5)6)19(3)15-16-25-17-20-11-13-21(24-7)14-12-20;1-9(2)13(10(3)4)14(11(5)6)12(7)8;1-8-12(9(2)3)13(10(4)5)11(6)7/h10-19,23-24,29H,20-21H2,1-9H3;10-15,18,22H,1,16-17H2,2-9H3;1-8H2;8H,1-7H2/b22-19+;19-15+;;/t23-,24-,29-;18-,22+;;/m00../s1. The van der Waals surface area contributed by atoms with Crippen molar-refractivity contribution in [3.63, 3.8) is 0 Å². The van der Waals surface area contributed by atoms with Crippen LogP contribution in [-0.4, -0.2) is 74.1 Å². The van der Waals surface area contributed by atoms with Gasteiger partial charge in [0.05, 0.1) is 58.4 Å². The molecule has 17 unspecified atom stereocenters. The molecule has 0 aliphatic carbocycles. The molecule has 526 valence electrons. The van der Waals surface area contributed by atoms with Crippen LogP contribution in [0.4, 0.5) is 0 Å². The molecule has 0 aromatic heterocycles. The highest BCUT2D eigenvalue weighted by atomic mass is 33.3. The number of ether oxygens (including phenoxy) is 5. The Hall–Kier alpha value is 7.50. The third-order valence-corrected chi connectivity index (χ3v) is 176. The van der Waals surface area contributed by atoms with Crippen molar-refractivity contribution in [3.8, 4) is 11.5 Å². The number of ketones is 1. The third kappa shape index (κ3) is 38.5. The average molecular weight is 1800 g/mol. The zero-order chi connectivity index (χ0) is 71.2. The fourth-order valence-electron chi connectivity index (χ4n) is 7.24. The van der Waals surface area contributed by atoms with Crippen molar-refractivity contribution in [1.29, 1.82) is 0 Å². The summed E-state index contributed by atoms with van der Waals surface area (Å²) in [7, 11) is 45.8. The van der Waals surface area contributed by atoms with Gasteiger partial charge in [0.15, 0.2) is 28.5 Å². The summed E-state index contributed by atoms with van der Waals surface area (Å²) in [5, 5.41) is 0.141. The number of esters is 1. The zero-order valence-corrected chi connectivity index (χ0v) is 87.1. The van der Waals surface area contributed by atoms with E-state index >= 15 is 0 Å². The van der Waals surface area contributed by atoms with Crippen LogP contribution in [0.2, 0.25) is 36.3 Å². The molecule has 3 aromatic carbocycles. The molecule has 3 aromatic rings. The molecule has 0 fully saturated rings. The van der Waals surface area contributed by atoms with Gasteiger partial charge in [0.2, 0.25) is 0 Å². The summed E-state index contributed by atoms with van der Waals surface area (Å²) >= 11 is 0. The van der Waals surface area contributed by atoms with Gasteiger partial charge in [0.1, 0.15) is 11.5 Å². The predicted octanol–water partition coefficient (Wildman–Crippen LogP) is 28.3. The van der Waals surface area contributed by atoms with Crippen LogP contribution in [0, 0.1) is 11.8 Å². The molecule has 0 heterocycles. The number of carbonyl (C=O) groups excluding carboxylic acids is 2. The van der Waals surface area contributed by atoms with Gasteiger partial charge in [-0.05, 0) is 193 Å². The highest BCUT2D eigenvalue weighted by molar-refractivity contribution is 9.27. The van der Waals surface area contributed by atoms with Crippen LogP contribution in [0.15, 0.2) is 115 Å². The Labute approximate surface area is 609 Å². The van der Waals surface area contributed by atoms with Crippen LogP contribution in [-0.2, 0) is 41.1 Å². The summed E-state index contributed by atoms with van der Waals surface area (Å²) in [6.07, 6.45) is 4.79. The minimum absolute atomic E-state index is 0.0371. The van der Waals surface area contributed by atoms with Gasteiger partial charge in [0, 0.05) is 11.8 Å². The van der Waals surface area contributed by atoms with Crippen LogP contribution in [0.25, 0.3) is 0 Å². The molecule has 0 amide bonds. The van der Waals surface area contributed by atoms with E-state index in [1.165, 1.54) is 5.57 Å². The summed E-state index contributed by atoms with van der Waals surface area (Å²) in [4.78, 5) is 26.0. The summed E-state index contributed by atoms with van der Waals surface area (Å²) in [6.45, 7) is 39.6. The van der Waals surface area contributed by atoms with Crippen molar-refractivity contribution in [1.82, 2.24) is 0 Å². The van der Waals surface area contributed by atoms with E-state index in [2.05, 4.69) is 228 Å². The molecule has 9 nitrogen and oxygen atoms in total. The van der Waals surface area contributed by atoms with E-state index in [4.69, 9.17) is 32.5 Å². The molecule has 22 atom stereocenters. The topological polar surface area (TPSA) is 98.8 Å². The van der Waals surface area contributed by atoms with Crippen LogP contribution in [0.3, 0.4) is 0 Å². The van der Waals surface area contributed by atoms with E-state index in [-0.39, 0.29) is 105 Å². The SMILES string of the molecule is C=C[C@H](C)[C@@H](O[Si](C)(C)C(C)(C)C)/C(C)=C/COCc1ccc(OC)cc1.COc1ccc(COC/C=C(\C)[C@H](O[Si](C)(C)C(C)(C)C)[C@@H](C)C(=O)[C@H](C)OC(=O)c2ccccc2)cc1.PP(P)P(P(P)P)P(P(P)P)P(P)P.PPP(P(P)P)P(P(P)P)P(P)P. The Balaban J connectivity index is 0.00000133. The summed E-state index contributed by atoms with van der Waals surface area (Å²) in [5.41, 5.74) is 4.73. The number of carbonyl (C=O) groups is 2. The highest BCUT2D eigenvalue weighted by Gasteiger charge is 2.43. The first-order valence-electron chi connectivity index (χ1n) is 28.7. The fraction of sp³-hybridized carbons (Fsp3) is 0.519. The van der Waals surface area contributed by atoms with Crippen molar-refractivity contribution in [3.05, 3.63) is 132 Å². The van der Waals surface area contributed by atoms with Crippen LogP contribution >= 0.6 is 219 Å². The van der Waals surface area contributed by atoms with E-state index < -0.39 is 40.7 Å². The first kappa shape index (κ1) is 99.5. The minimum Gasteiger partial charge on any atom is -0.497 e. The molecule has 0 saturated carbocycles. The second-order valence-electron chi connectivity index (χ2n) is 23.8. The molecule has 92 heavy (non-hydrogen) atoms. The molecule has 0 radical (unpaired) electrons. The van der Waals surface area contributed by atoms with Gasteiger partial charge < -0.3 is 32.5 Å². The smallest absolute Gasteiger partial charge is 0.338 e. The molecule has 3 rings (SSSR count). The molecule has 0 N–H and O–H groups in total. The second-order valence-corrected chi connectivity index (χ2v) is 134. The lowest BCUT2D eigenvalue weighted by molar-refractivity contribution is -0.132. The summed E-state index contributed by atoms with van der Waals surface area (Å²) in [6, 6.07) is 24.4. The Morgan fingerprint density at radius 3 is 1.18 bits per heavy atom. The van der Waals surface area contributed by atoms with Crippen molar-refractivity contribution in [2.75, 3.05) is 27.4 Å². The number of methoxy groups -OCH3 is 2. The fourth-order valence-corrected chi connectivity index (χ4v) is 284. The molecular weight excluding hydrogens is 1690 g/mol. The van der Waals surface area contributed by atoms with E-state index in [1.807, 2.05) is 80.6 Å². The molecular formula is C54H113O9P27Si2. The van der Waals surface area contributed by atoms with Crippen molar-refractivity contribution in [2.45, 2.75) is 144 Å².